The Bertz CT molecular complexity index is 2970. The van der Waals surface area contributed by atoms with Crippen LogP contribution in [0.2, 0.25) is 0 Å². The smallest absolute Gasteiger partial charge is 0.306 e. The number of rotatable bonds is 59. The molecule has 15 N–H and O–H groups in total. The molecule has 0 aliphatic carbocycles. The van der Waals surface area contributed by atoms with Crippen LogP contribution in [0.15, 0.2) is 66.9 Å². The molecule has 24 heteroatoms. The summed E-state index contributed by atoms with van der Waals surface area (Å²) in [5.41, 5.74) is 20.9. The summed E-state index contributed by atoms with van der Waals surface area (Å²) >= 11 is 0. The van der Waals surface area contributed by atoms with E-state index in [9.17, 15) is 53.4 Å². The first-order valence-corrected chi connectivity index (χ1v) is 38.2. The molecule has 0 aliphatic rings. The lowest BCUT2D eigenvalue weighted by atomic mass is 9.85. The van der Waals surface area contributed by atoms with Gasteiger partial charge in [0.1, 0.15) is 0 Å². The molecule has 1 aromatic heterocycles. The SMILES string of the molecule is CCCN[C@H](CCC)C(=O)C[C@H](CCC)C(=O)N[C@@H](CC[C@@H](CN[C@H](CC)C(=O)C[C@H](CCCCn1nncc1C[C@@H](N)CC[C@H](CCCNC(=N)N)C(=O)N[C@H](CC)C(=O)C[C@@H](C(=O)N[C@@H](C(=O)C[C@H](CCCCN)C(=O)O)C(C)C)C(C)C)C(=O)O)Cc1ccccc1)Cc1ccccc1. The molecule has 0 saturated heterocycles. The van der Waals surface area contributed by atoms with Crippen LogP contribution in [0.25, 0.3) is 0 Å². The monoisotopic (exact) mass is 1420 g/mol. The Morgan fingerprint density at radius 2 is 1.10 bits per heavy atom. The predicted molar refractivity (Wildman–Crippen MR) is 401 cm³/mol. The number of hydrogen-bond acceptors (Lipinski definition) is 16. The van der Waals surface area contributed by atoms with Crippen LogP contribution in [0, 0.1) is 52.8 Å². The average molecular weight is 1420 g/mol. The molecule has 12 atom stereocenters. The van der Waals surface area contributed by atoms with Gasteiger partial charge in [-0.1, -0.05) is 154 Å². The lowest BCUT2D eigenvalue weighted by molar-refractivity contribution is -0.145. The number of aromatic nitrogens is 3. The maximum atomic E-state index is 14.3. The van der Waals surface area contributed by atoms with E-state index in [2.05, 4.69) is 80.3 Å². The number of unbranched alkanes of at least 4 members (excludes halogenated alkanes) is 2. The highest BCUT2D eigenvalue weighted by Crippen LogP contribution is 2.26. The molecule has 3 amide bonds. The van der Waals surface area contributed by atoms with E-state index < -0.39 is 77.4 Å². The largest absolute Gasteiger partial charge is 0.481 e. The summed E-state index contributed by atoms with van der Waals surface area (Å²) in [7, 11) is 0. The summed E-state index contributed by atoms with van der Waals surface area (Å²) < 4.78 is 1.74. The zero-order chi connectivity index (χ0) is 75.5. The van der Waals surface area contributed by atoms with Gasteiger partial charge in [-0.2, -0.15) is 0 Å². The van der Waals surface area contributed by atoms with Gasteiger partial charge in [0.05, 0.1) is 47.9 Å². The van der Waals surface area contributed by atoms with E-state index in [-0.39, 0.29) is 110 Å². The topological polar surface area (TPSA) is 399 Å². The number of carbonyl (C=O) groups excluding carboxylic acids is 7. The number of nitrogens with zero attached hydrogens (tertiary/aromatic N) is 3. The molecule has 0 aliphatic heterocycles. The van der Waals surface area contributed by atoms with E-state index in [0.717, 1.165) is 61.9 Å². The van der Waals surface area contributed by atoms with Gasteiger partial charge >= 0.3 is 11.9 Å². The fourth-order valence-corrected chi connectivity index (χ4v) is 13.5. The molecule has 0 spiro atoms. The molecular weight excluding hydrogens is 1290 g/mol. The van der Waals surface area contributed by atoms with Crippen LogP contribution >= 0.6 is 0 Å². The summed E-state index contributed by atoms with van der Waals surface area (Å²) in [6, 6.07) is 16.9. The fraction of sp³-hybridized carbons (Fsp3) is 0.692. The zero-order valence-corrected chi connectivity index (χ0v) is 63.0. The van der Waals surface area contributed by atoms with Gasteiger partial charge in [0.15, 0.2) is 29.1 Å². The van der Waals surface area contributed by atoms with Crippen molar-refractivity contribution < 1.29 is 53.4 Å². The van der Waals surface area contributed by atoms with Crippen molar-refractivity contribution in [2.75, 3.05) is 26.2 Å². The number of benzene rings is 2. The van der Waals surface area contributed by atoms with Crippen molar-refractivity contribution >= 4 is 58.8 Å². The van der Waals surface area contributed by atoms with E-state index >= 15 is 0 Å². The van der Waals surface area contributed by atoms with Crippen molar-refractivity contribution in [1.82, 2.24) is 46.9 Å². The number of hydrogen-bond donors (Lipinski definition) is 12. The van der Waals surface area contributed by atoms with Gasteiger partial charge in [-0.05, 0) is 158 Å². The van der Waals surface area contributed by atoms with Crippen LogP contribution in [0.4, 0.5) is 0 Å². The summed E-state index contributed by atoms with van der Waals surface area (Å²) in [6.45, 7) is 19.4. The third kappa shape index (κ3) is 34.3. The van der Waals surface area contributed by atoms with Crippen LogP contribution < -0.4 is 49.1 Å². The standard InChI is InChI=1S/C78H129N13O11/c1-10-26-58(45-69(93)67(27-11-2)83-40-12-3)74(97)87-62(44-55-30-19-16-20-31-55)38-35-56(43-54-28-17-15-18-29-54)50-85-65(13-4)68(92)46-59(76(99)100)33-22-24-42-91-63(51-86-90-91)48-61(80)37-36-57(34-25-41-84-78(81)82)73(96)88-66(14-5)70(94)49-64(52(6)7)75(98)89-72(53(8)9)71(95)47-60(77(101)102)32-21-23-39-79/h15-20,28-31,51-53,56-62,64-67,72,83,85H,10-14,21-27,32-50,79-80H2,1-9H3,(H,87,97)(H,88,96)(H,89,98)(H,99,100)(H,101,102)(H4,81,82,84)/t56-,57+,58+,59+,60+,61+,62+,64-,65-,66-,67-,72-/m1/s1. The normalized spacial score (nSPS) is 15.1. The number of nitrogens with one attached hydrogen (secondary N) is 7. The number of nitrogens with two attached hydrogens (primary N) is 3. The Hall–Kier alpha value is -7.28. The number of Topliss-reactive ketones (excluding diaryl/α,β-unsaturated/α-hetero) is 4. The number of aryl methyl sites for hydroxylation is 1. The first-order valence-electron chi connectivity index (χ1n) is 38.2. The molecule has 0 radical (unpaired) electrons. The van der Waals surface area contributed by atoms with Crippen molar-refractivity contribution in [1.29, 1.82) is 5.41 Å². The molecule has 2 aromatic carbocycles. The van der Waals surface area contributed by atoms with E-state index in [1.165, 1.54) is 0 Å². The average Bonchev–Trinajstić information content (AvgIpc) is 0.961. The first kappa shape index (κ1) is 88.9. The number of amides is 3. The highest BCUT2D eigenvalue weighted by molar-refractivity contribution is 5.96. The van der Waals surface area contributed by atoms with Crippen molar-refractivity contribution in [3.63, 3.8) is 0 Å². The van der Waals surface area contributed by atoms with Gasteiger partial charge < -0.3 is 59.3 Å². The zero-order valence-electron chi connectivity index (χ0n) is 63.0. The number of aliphatic carboxylic acids is 2. The van der Waals surface area contributed by atoms with E-state index in [1.807, 2.05) is 50.2 Å². The Labute approximate surface area is 608 Å². The quantitative estimate of drug-likeness (QED) is 0.0142. The highest BCUT2D eigenvalue weighted by atomic mass is 16.4. The molecular formula is C78H129N13O11. The minimum atomic E-state index is -1.09. The lowest BCUT2D eigenvalue weighted by Crippen LogP contribution is -2.49. The molecule has 0 fully saturated rings. The van der Waals surface area contributed by atoms with E-state index in [0.29, 0.717) is 110 Å². The lowest BCUT2D eigenvalue weighted by Gasteiger charge is -2.28. The fourth-order valence-electron chi connectivity index (χ4n) is 13.5. The molecule has 0 saturated carbocycles. The van der Waals surface area contributed by atoms with Crippen molar-refractivity contribution in [3.05, 3.63) is 83.7 Å². The molecule has 0 unspecified atom stereocenters. The number of ketones is 4. The maximum absolute atomic E-state index is 14.3. The summed E-state index contributed by atoms with van der Waals surface area (Å²) in [5, 5.41) is 55.3. The minimum Gasteiger partial charge on any atom is -0.481 e. The number of carboxylic acids is 2. The second kappa shape index (κ2) is 50.2. The van der Waals surface area contributed by atoms with Gasteiger partial charge in [0.2, 0.25) is 17.7 Å². The molecule has 3 rings (SSSR count). The molecule has 0 bridgehead atoms. The highest BCUT2D eigenvalue weighted by Gasteiger charge is 2.36. The Morgan fingerprint density at radius 1 is 0.529 bits per heavy atom. The van der Waals surface area contributed by atoms with Crippen LogP contribution in [0.3, 0.4) is 0 Å². The molecule has 102 heavy (non-hydrogen) atoms. The summed E-state index contributed by atoms with van der Waals surface area (Å²) in [4.78, 5) is 123. The van der Waals surface area contributed by atoms with Gasteiger partial charge in [0, 0.05) is 75.0 Å². The number of carbonyl (C=O) groups is 9. The van der Waals surface area contributed by atoms with E-state index in [4.69, 9.17) is 22.6 Å². The maximum Gasteiger partial charge on any atom is 0.306 e. The third-order valence-corrected chi connectivity index (χ3v) is 19.7. The number of guanidine groups is 1. The van der Waals surface area contributed by atoms with E-state index in [1.54, 1.807) is 45.5 Å². The minimum absolute atomic E-state index is 0.0645. The first-order chi connectivity index (χ1) is 48.8. The van der Waals surface area contributed by atoms with Crippen molar-refractivity contribution in [3.8, 4) is 0 Å². The van der Waals surface area contributed by atoms with Gasteiger partial charge in [-0.15, -0.1) is 5.10 Å². The second-order valence-corrected chi connectivity index (χ2v) is 28.9. The van der Waals surface area contributed by atoms with Crippen LogP contribution in [0.1, 0.15) is 227 Å². The molecule has 3 aromatic rings. The van der Waals surface area contributed by atoms with Gasteiger partial charge in [-0.25, -0.2) is 4.68 Å². The Morgan fingerprint density at radius 3 is 1.67 bits per heavy atom. The van der Waals surface area contributed by atoms with Crippen LogP contribution in [0.5, 0.6) is 0 Å². The van der Waals surface area contributed by atoms with Gasteiger partial charge in [0.25, 0.3) is 0 Å². The van der Waals surface area contributed by atoms with Crippen LogP contribution in [-0.2, 0) is 69.0 Å². The number of carboxylic acid groups (broad SMARTS) is 2. The van der Waals surface area contributed by atoms with Gasteiger partial charge in [-0.3, -0.25) is 48.6 Å². The molecule has 572 valence electrons. The van der Waals surface area contributed by atoms with Crippen LogP contribution in [-0.4, -0.2) is 146 Å². The second-order valence-electron chi connectivity index (χ2n) is 28.9. The summed E-state index contributed by atoms with van der Waals surface area (Å²) in [6.07, 6.45) is 13.3. The molecule has 24 nitrogen and oxygen atoms in total. The third-order valence-electron chi connectivity index (χ3n) is 19.7. The molecule has 1 heterocycles. The Balaban J connectivity index is 1.66. The summed E-state index contributed by atoms with van der Waals surface area (Å²) in [5.74, 6) is -8.44. The Kier molecular flexibility index (Phi) is 43.7. The predicted octanol–water partition coefficient (Wildman–Crippen LogP) is 8.97. The van der Waals surface area contributed by atoms with Crippen molar-refractivity contribution in [2.24, 2.45) is 64.5 Å². The van der Waals surface area contributed by atoms with Crippen molar-refractivity contribution in [2.45, 2.75) is 272 Å².